The molecule has 0 bridgehead atoms. The van der Waals surface area contributed by atoms with Crippen LogP contribution in [0.4, 0.5) is 11.4 Å². The third kappa shape index (κ3) is 2.34. The second-order valence-corrected chi connectivity index (χ2v) is 6.29. The van der Waals surface area contributed by atoms with Gasteiger partial charge in [-0.1, -0.05) is 0 Å². The molecule has 2 aromatic carbocycles. The van der Waals surface area contributed by atoms with Gasteiger partial charge >= 0.3 is 0 Å². The van der Waals surface area contributed by atoms with Crippen molar-refractivity contribution in [2.45, 2.75) is 13.8 Å². The fraction of sp³-hybridized carbons (Fsp3) is 0.158. The van der Waals surface area contributed by atoms with E-state index in [9.17, 15) is 4.79 Å². The number of hydrogen-bond donors (Lipinski definition) is 4. The van der Waals surface area contributed by atoms with Crippen molar-refractivity contribution in [3.8, 4) is 11.4 Å². The van der Waals surface area contributed by atoms with Gasteiger partial charge in [-0.3, -0.25) is 4.79 Å². The van der Waals surface area contributed by atoms with Crippen LogP contribution in [0.1, 0.15) is 11.1 Å². The first-order valence-corrected chi connectivity index (χ1v) is 8.08. The fourth-order valence-corrected chi connectivity index (χ4v) is 3.10. The number of nitrogen functional groups attached to an aromatic ring is 1. The highest BCUT2D eigenvalue weighted by molar-refractivity contribution is 5.99. The lowest BCUT2D eigenvalue weighted by molar-refractivity contribution is 1.25. The molecule has 0 amide bonds. The highest BCUT2D eigenvalue weighted by Crippen LogP contribution is 2.30. The summed E-state index contributed by atoms with van der Waals surface area (Å²) >= 11 is 0. The Morgan fingerprint density at radius 1 is 1.04 bits per heavy atom. The molecule has 0 atom stereocenters. The van der Waals surface area contributed by atoms with Gasteiger partial charge < -0.3 is 21.0 Å². The number of H-pyrrole nitrogens is 2. The lowest BCUT2D eigenvalue weighted by Crippen LogP contribution is -2.13. The smallest absolute Gasteiger partial charge is 0.261 e. The van der Waals surface area contributed by atoms with Crippen LogP contribution in [0.2, 0.25) is 0 Å². The Labute approximate surface area is 144 Å². The number of nitrogens with one attached hydrogen (secondary N) is 3. The molecule has 0 saturated heterocycles. The number of pyridine rings is 1. The van der Waals surface area contributed by atoms with Crippen molar-refractivity contribution < 1.29 is 0 Å². The van der Waals surface area contributed by atoms with Gasteiger partial charge in [-0.2, -0.15) is 0 Å². The van der Waals surface area contributed by atoms with Gasteiger partial charge in [0, 0.05) is 18.1 Å². The largest absolute Gasteiger partial charge is 0.397 e. The molecule has 0 unspecified atom stereocenters. The predicted molar refractivity (Wildman–Crippen MR) is 103 cm³/mol. The highest BCUT2D eigenvalue weighted by Gasteiger charge is 2.16. The SMILES string of the molecule is CNc1ccc2[nH]c(=O)c(-c3nc4cc(C)c(C)cc4[nH]3)c(N)c2c1. The molecule has 0 aliphatic heterocycles. The van der Waals surface area contributed by atoms with Crippen LogP contribution < -0.4 is 16.6 Å². The van der Waals surface area contributed by atoms with Crippen LogP contribution >= 0.6 is 0 Å². The first-order valence-electron chi connectivity index (χ1n) is 8.08. The zero-order chi connectivity index (χ0) is 17.7. The third-order valence-electron chi connectivity index (χ3n) is 4.68. The zero-order valence-electron chi connectivity index (χ0n) is 14.3. The number of nitrogens with two attached hydrogens (primary N) is 1. The first kappa shape index (κ1) is 15.3. The van der Waals surface area contributed by atoms with E-state index in [4.69, 9.17) is 5.73 Å². The maximum Gasteiger partial charge on any atom is 0.261 e. The minimum absolute atomic E-state index is 0.255. The summed E-state index contributed by atoms with van der Waals surface area (Å²) in [4.78, 5) is 23.3. The molecule has 6 heteroatoms. The molecule has 5 N–H and O–H groups in total. The number of aromatic nitrogens is 3. The average molecular weight is 333 g/mol. The Hall–Kier alpha value is -3.28. The molecule has 6 nitrogen and oxygen atoms in total. The van der Waals surface area contributed by atoms with Crippen LogP contribution in [-0.4, -0.2) is 22.0 Å². The Kier molecular flexibility index (Phi) is 3.28. The van der Waals surface area contributed by atoms with E-state index in [0.29, 0.717) is 22.6 Å². The zero-order valence-corrected chi connectivity index (χ0v) is 14.3. The number of aryl methyl sites for hydroxylation is 2. The second kappa shape index (κ2) is 5.37. The summed E-state index contributed by atoms with van der Waals surface area (Å²) < 4.78 is 0. The van der Waals surface area contributed by atoms with Crippen molar-refractivity contribution >= 4 is 33.3 Å². The highest BCUT2D eigenvalue weighted by atomic mass is 16.1. The number of rotatable bonds is 2. The van der Waals surface area contributed by atoms with E-state index in [1.807, 2.05) is 51.2 Å². The molecule has 0 spiro atoms. The number of hydrogen-bond acceptors (Lipinski definition) is 4. The van der Waals surface area contributed by atoms with Crippen molar-refractivity contribution in [3.63, 3.8) is 0 Å². The average Bonchev–Trinajstić information content (AvgIpc) is 2.97. The molecule has 126 valence electrons. The summed E-state index contributed by atoms with van der Waals surface area (Å²) in [6.45, 7) is 4.09. The van der Waals surface area contributed by atoms with E-state index in [1.54, 1.807) is 0 Å². The molecule has 25 heavy (non-hydrogen) atoms. The third-order valence-corrected chi connectivity index (χ3v) is 4.68. The molecule has 0 fully saturated rings. The van der Waals surface area contributed by atoms with E-state index in [2.05, 4.69) is 20.3 Å². The number of aromatic amines is 2. The van der Waals surface area contributed by atoms with Crippen molar-refractivity contribution in [1.29, 1.82) is 0 Å². The monoisotopic (exact) mass is 333 g/mol. The summed E-state index contributed by atoms with van der Waals surface area (Å²) in [5.41, 5.74) is 12.5. The Morgan fingerprint density at radius 3 is 2.56 bits per heavy atom. The first-order chi connectivity index (χ1) is 12.0. The Bertz CT molecular complexity index is 1150. The van der Waals surface area contributed by atoms with Gasteiger partial charge in [-0.15, -0.1) is 0 Å². The topological polar surface area (TPSA) is 99.6 Å². The van der Waals surface area contributed by atoms with E-state index in [-0.39, 0.29) is 5.56 Å². The lowest BCUT2D eigenvalue weighted by atomic mass is 10.1. The van der Waals surface area contributed by atoms with E-state index in [0.717, 1.165) is 27.7 Å². The van der Waals surface area contributed by atoms with Crippen molar-refractivity contribution in [3.05, 3.63) is 51.8 Å². The number of nitrogens with zero attached hydrogens (tertiary/aromatic N) is 1. The number of anilines is 2. The van der Waals surface area contributed by atoms with E-state index >= 15 is 0 Å². The van der Waals surface area contributed by atoms with Crippen LogP contribution in [0.15, 0.2) is 35.1 Å². The minimum Gasteiger partial charge on any atom is -0.397 e. The number of imidazole rings is 1. The van der Waals surface area contributed by atoms with Gasteiger partial charge in [-0.05, 0) is 55.3 Å². The molecule has 0 aliphatic carbocycles. The van der Waals surface area contributed by atoms with Crippen LogP contribution in [0.25, 0.3) is 33.3 Å². The molecule has 0 aliphatic rings. The van der Waals surface area contributed by atoms with Crippen LogP contribution in [0, 0.1) is 13.8 Å². The molecule has 2 heterocycles. The molecule has 4 aromatic rings. The lowest BCUT2D eigenvalue weighted by Gasteiger charge is -2.08. The number of benzene rings is 2. The normalized spacial score (nSPS) is 11.3. The maximum absolute atomic E-state index is 12.6. The summed E-state index contributed by atoms with van der Waals surface area (Å²) in [5, 5.41) is 3.87. The summed E-state index contributed by atoms with van der Waals surface area (Å²) in [5.74, 6) is 0.482. The van der Waals surface area contributed by atoms with Gasteiger partial charge in [-0.25, -0.2) is 4.98 Å². The van der Waals surface area contributed by atoms with Crippen LogP contribution in [0.3, 0.4) is 0 Å². The van der Waals surface area contributed by atoms with Gasteiger partial charge in [0.05, 0.1) is 22.2 Å². The molecular weight excluding hydrogens is 314 g/mol. The van der Waals surface area contributed by atoms with E-state index in [1.165, 1.54) is 5.56 Å². The van der Waals surface area contributed by atoms with Crippen LogP contribution in [-0.2, 0) is 0 Å². The Morgan fingerprint density at radius 2 is 1.80 bits per heavy atom. The van der Waals surface area contributed by atoms with E-state index < -0.39 is 0 Å². The minimum atomic E-state index is -0.255. The maximum atomic E-state index is 12.6. The fourth-order valence-electron chi connectivity index (χ4n) is 3.10. The summed E-state index contributed by atoms with van der Waals surface area (Å²) in [6.07, 6.45) is 0. The van der Waals surface area contributed by atoms with Crippen molar-refractivity contribution in [2.75, 3.05) is 18.1 Å². The van der Waals surface area contributed by atoms with Crippen molar-refractivity contribution in [1.82, 2.24) is 15.0 Å². The quantitative estimate of drug-likeness (QED) is 0.452. The molecular formula is C19H19N5O. The predicted octanol–water partition coefficient (Wildman–Crippen LogP) is 3.31. The van der Waals surface area contributed by atoms with Crippen LogP contribution in [0.5, 0.6) is 0 Å². The van der Waals surface area contributed by atoms with Gasteiger partial charge in [0.2, 0.25) is 0 Å². The Balaban J connectivity index is 2.01. The van der Waals surface area contributed by atoms with Crippen molar-refractivity contribution in [2.24, 2.45) is 0 Å². The standard InChI is InChI=1S/C19H19N5O/c1-9-6-14-15(7-10(9)2)23-18(22-14)16-17(20)12-8-11(21-3)4-5-13(12)24-19(16)25/h4-8,21H,1-3H3,(H,22,23)(H3,20,24,25). The molecule has 4 rings (SSSR count). The molecule has 0 radical (unpaired) electrons. The summed E-state index contributed by atoms with van der Waals surface area (Å²) in [6, 6.07) is 9.69. The van der Waals surface area contributed by atoms with Gasteiger partial charge in [0.25, 0.3) is 5.56 Å². The van der Waals surface area contributed by atoms with Gasteiger partial charge in [0.1, 0.15) is 11.4 Å². The van der Waals surface area contributed by atoms with Gasteiger partial charge in [0.15, 0.2) is 0 Å². The summed E-state index contributed by atoms with van der Waals surface area (Å²) in [7, 11) is 1.84. The molecule has 2 aromatic heterocycles. The molecule has 0 saturated carbocycles. The second-order valence-electron chi connectivity index (χ2n) is 6.29. The number of fused-ring (bicyclic) bond motifs is 2.